The highest BCUT2D eigenvalue weighted by atomic mass is 79.9. The average Bonchev–Trinajstić information content (AvgIpc) is 2.26. The zero-order valence-electron chi connectivity index (χ0n) is 9.77. The number of hydrogen-bond acceptors (Lipinski definition) is 3. The smallest absolute Gasteiger partial charge is 0.231 e. The fraction of sp³-hybridized carbons (Fsp3) is 0.333. The third-order valence-corrected chi connectivity index (χ3v) is 3.51. The Morgan fingerprint density at radius 3 is 2.82 bits per heavy atom. The number of benzene rings is 1. The van der Waals surface area contributed by atoms with Crippen LogP contribution in [0.15, 0.2) is 33.7 Å². The molecule has 0 fully saturated rings. The van der Waals surface area contributed by atoms with Gasteiger partial charge in [-0.15, -0.1) is 0 Å². The Bertz CT molecular complexity index is 500. The van der Waals surface area contributed by atoms with Gasteiger partial charge in [-0.2, -0.15) is 0 Å². The summed E-state index contributed by atoms with van der Waals surface area (Å²) in [5, 5.41) is 0. The summed E-state index contributed by atoms with van der Waals surface area (Å²) < 4.78 is 0.969. The quantitative estimate of drug-likeness (QED) is 0.859. The first-order chi connectivity index (χ1) is 7.92. The molecule has 0 spiro atoms. The third-order valence-electron chi connectivity index (χ3n) is 3.02. The fourth-order valence-electron chi connectivity index (χ4n) is 1.90. The van der Waals surface area contributed by atoms with Crippen LogP contribution in [0.5, 0.6) is 0 Å². The maximum atomic E-state index is 11.8. The van der Waals surface area contributed by atoms with Crippen molar-refractivity contribution in [3.63, 3.8) is 0 Å². The molecule has 0 bridgehead atoms. The average molecular weight is 296 g/mol. The molecule has 2 N–H and O–H groups in total. The molecule has 4 nitrogen and oxygen atoms in total. The van der Waals surface area contributed by atoms with Gasteiger partial charge in [-0.1, -0.05) is 28.1 Å². The molecule has 90 valence electrons. The Kier molecular flexibility index (Phi) is 2.95. The molecule has 0 unspecified atom stereocenters. The molecule has 0 radical (unpaired) electrons. The topological polar surface area (TPSA) is 58.7 Å². The van der Waals surface area contributed by atoms with E-state index in [1.807, 2.05) is 31.2 Å². The van der Waals surface area contributed by atoms with Crippen molar-refractivity contribution in [2.75, 3.05) is 7.05 Å². The van der Waals surface area contributed by atoms with Crippen LogP contribution >= 0.6 is 15.9 Å². The molecule has 1 aliphatic rings. The van der Waals surface area contributed by atoms with Gasteiger partial charge in [-0.05, 0) is 24.6 Å². The number of nitrogens with zero attached hydrogens (tertiary/aromatic N) is 2. The first kappa shape index (κ1) is 12.1. The second-order valence-corrected chi connectivity index (χ2v) is 5.30. The van der Waals surface area contributed by atoms with E-state index >= 15 is 0 Å². The molecule has 1 aromatic rings. The van der Waals surface area contributed by atoms with Gasteiger partial charge in [0.1, 0.15) is 0 Å². The summed E-state index contributed by atoms with van der Waals surface area (Å²) in [5.41, 5.74) is 6.17. The molecule has 5 heteroatoms. The van der Waals surface area contributed by atoms with Crippen LogP contribution in [0.2, 0.25) is 0 Å². The second kappa shape index (κ2) is 4.14. The summed E-state index contributed by atoms with van der Waals surface area (Å²) in [4.78, 5) is 17.7. The van der Waals surface area contributed by atoms with Crippen molar-refractivity contribution in [3.05, 3.63) is 34.3 Å². The lowest BCUT2D eigenvalue weighted by Crippen LogP contribution is -2.47. The largest absolute Gasteiger partial charge is 0.369 e. The third kappa shape index (κ3) is 2.20. The van der Waals surface area contributed by atoms with Crippen LogP contribution in [-0.2, 0) is 10.3 Å². The second-order valence-electron chi connectivity index (χ2n) is 4.38. The number of hydrogen-bond donors (Lipinski definition) is 1. The molecule has 0 aromatic heterocycles. The SMILES string of the molecule is CN1C(=O)C[C@@](C)(c2cccc(Br)c2)N=C1N. The molecular weight excluding hydrogens is 282 g/mol. The van der Waals surface area contributed by atoms with Crippen LogP contribution in [0.4, 0.5) is 0 Å². The predicted molar refractivity (Wildman–Crippen MR) is 70.5 cm³/mol. The highest BCUT2D eigenvalue weighted by molar-refractivity contribution is 9.10. The first-order valence-electron chi connectivity index (χ1n) is 5.30. The summed E-state index contributed by atoms with van der Waals surface area (Å²) in [7, 11) is 1.64. The molecule has 1 amide bonds. The van der Waals surface area contributed by atoms with E-state index in [-0.39, 0.29) is 11.9 Å². The molecule has 1 atom stereocenters. The molecule has 17 heavy (non-hydrogen) atoms. The molecule has 2 rings (SSSR count). The lowest BCUT2D eigenvalue weighted by atomic mass is 9.88. The van der Waals surface area contributed by atoms with E-state index in [1.165, 1.54) is 4.90 Å². The maximum Gasteiger partial charge on any atom is 0.231 e. The maximum absolute atomic E-state index is 11.8. The van der Waals surface area contributed by atoms with Gasteiger partial charge >= 0.3 is 0 Å². The molecule has 0 aliphatic carbocycles. The van der Waals surface area contributed by atoms with Crippen molar-refractivity contribution in [1.29, 1.82) is 0 Å². The minimum atomic E-state index is -0.572. The normalized spacial score (nSPS) is 24.8. The van der Waals surface area contributed by atoms with Gasteiger partial charge in [0.25, 0.3) is 0 Å². The van der Waals surface area contributed by atoms with Crippen molar-refractivity contribution in [3.8, 4) is 0 Å². The van der Waals surface area contributed by atoms with Crippen LogP contribution in [0.3, 0.4) is 0 Å². The number of aliphatic imine (C=N–C) groups is 1. The Hall–Kier alpha value is -1.36. The Morgan fingerprint density at radius 1 is 1.53 bits per heavy atom. The van der Waals surface area contributed by atoms with Crippen LogP contribution in [0.1, 0.15) is 18.9 Å². The molecule has 1 aromatic carbocycles. The highest BCUT2D eigenvalue weighted by Crippen LogP contribution is 2.33. The standard InChI is InChI=1S/C12H14BrN3O/c1-12(8-4-3-5-9(13)6-8)7-10(17)16(2)11(14)15-12/h3-6H,7H2,1-2H3,(H2,14,15)/t12-/m0/s1. The lowest BCUT2D eigenvalue weighted by Gasteiger charge is -2.33. The molecule has 0 saturated carbocycles. The summed E-state index contributed by atoms with van der Waals surface area (Å²) in [6, 6.07) is 7.80. The molecule has 1 heterocycles. The first-order valence-corrected chi connectivity index (χ1v) is 6.09. The van der Waals surface area contributed by atoms with Crippen molar-refractivity contribution in [2.45, 2.75) is 18.9 Å². The summed E-state index contributed by atoms with van der Waals surface area (Å²) in [6.07, 6.45) is 0.334. The molecule has 1 aliphatic heterocycles. The summed E-state index contributed by atoms with van der Waals surface area (Å²) in [6.45, 7) is 1.92. The van der Waals surface area contributed by atoms with Crippen LogP contribution in [0.25, 0.3) is 0 Å². The van der Waals surface area contributed by atoms with Crippen LogP contribution in [0, 0.1) is 0 Å². The minimum absolute atomic E-state index is 0.0139. The monoisotopic (exact) mass is 295 g/mol. The molecular formula is C12H14BrN3O. The highest BCUT2D eigenvalue weighted by Gasteiger charge is 2.35. The van der Waals surface area contributed by atoms with E-state index in [2.05, 4.69) is 20.9 Å². The summed E-state index contributed by atoms with van der Waals surface area (Å²) >= 11 is 3.42. The lowest BCUT2D eigenvalue weighted by molar-refractivity contribution is -0.128. The zero-order valence-corrected chi connectivity index (χ0v) is 11.4. The van der Waals surface area contributed by atoms with Gasteiger partial charge in [0.2, 0.25) is 5.91 Å². The number of carbonyl (C=O) groups is 1. The Labute approximate surface area is 109 Å². The Balaban J connectivity index is 2.47. The number of amides is 1. The van der Waals surface area contributed by atoms with Crippen molar-refractivity contribution >= 4 is 27.8 Å². The van der Waals surface area contributed by atoms with Gasteiger partial charge < -0.3 is 5.73 Å². The number of rotatable bonds is 1. The van der Waals surface area contributed by atoms with E-state index in [9.17, 15) is 4.79 Å². The van der Waals surface area contributed by atoms with Gasteiger partial charge in [0.15, 0.2) is 5.96 Å². The summed E-state index contributed by atoms with van der Waals surface area (Å²) in [5.74, 6) is 0.253. The molecule has 0 saturated heterocycles. The van der Waals surface area contributed by atoms with E-state index in [1.54, 1.807) is 7.05 Å². The van der Waals surface area contributed by atoms with Crippen molar-refractivity contribution in [2.24, 2.45) is 10.7 Å². The van der Waals surface area contributed by atoms with Crippen molar-refractivity contribution < 1.29 is 4.79 Å². The fourth-order valence-corrected chi connectivity index (χ4v) is 2.30. The zero-order chi connectivity index (χ0) is 12.6. The van der Waals surface area contributed by atoms with E-state index in [0.717, 1.165) is 10.0 Å². The number of nitrogens with two attached hydrogens (primary N) is 1. The Morgan fingerprint density at radius 2 is 2.24 bits per heavy atom. The number of carbonyl (C=O) groups excluding carboxylic acids is 1. The van der Waals surface area contributed by atoms with E-state index in [4.69, 9.17) is 5.73 Å². The van der Waals surface area contributed by atoms with Gasteiger partial charge in [-0.3, -0.25) is 9.69 Å². The minimum Gasteiger partial charge on any atom is -0.369 e. The van der Waals surface area contributed by atoms with E-state index < -0.39 is 5.54 Å². The van der Waals surface area contributed by atoms with Crippen molar-refractivity contribution in [1.82, 2.24) is 4.90 Å². The van der Waals surface area contributed by atoms with Crippen LogP contribution < -0.4 is 5.73 Å². The predicted octanol–water partition coefficient (Wildman–Crippen LogP) is 1.84. The number of guanidine groups is 1. The number of halogens is 1. The van der Waals surface area contributed by atoms with E-state index in [0.29, 0.717) is 6.42 Å². The van der Waals surface area contributed by atoms with Gasteiger partial charge in [0, 0.05) is 11.5 Å². The van der Waals surface area contributed by atoms with Crippen LogP contribution in [-0.4, -0.2) is 23.8 Å². The van der Waals surface area contributed by atoms with Gasteiger partial charge in [-0.25, -0.2) is 4.99 Å². The van der Waals surface area contributed by atoms with Gasteiger partial charge in [0.05, 0.1) is 12.0 Å².